The molecule has 0 unspecified atom stereocenters. The third-order valence-corrected chi connectivity index (χ3v) is 5.17. The third kappa shape index (κ3) is 4.54. The van der Waals surface area contributed by atoms with Gasteiger partial charge in [-0.2, -0.15) is 0 Å². The van der Waals surface area contributed by atoms with Gasteiger partial charge in [-0.05, 0) is 19.4 Å². The van der Waals surface area contributed by atoms with Gasteiger partial charge in [0, 0.05) is 36.3 Å². The number of aromatic nitrogens is 3. The lowest BCUT2D eigenvalue weighted by Gasteiger charge is -2.24. The van der Waals surface area contributed by atoms with Crippen LogP contribution >= 0.6 is 11.3 Å². The van der Waals surface area contributed by atoms with E-state index in [4.69, 9.17) is 0 Å². The summed E-state index contributed by atoms with van der Waals surface area (Å²) in [5, 5.41) is 0. The zero-order valence-electron chi connectivity index (χ0n) is 14.5. The van der Waals surface area contributed by atoms with Crippen LogP contribution in [0.25, 0.3) is 0 Å². The highest BCUT2D eigenvalue weighted by atomic mass is 32.1. The van der Waals surface area contributed by atoms with Gasteiger partial charge in [0.2, 0.25) is 5.91 Å². The molecule has 5 nitrogen and oxygen atoms in total. The van der Waals surface area contributed by atoms with Crippen molar-refractivity contribution in [2.24, 2.45) is 0 Å². The number of carbonyl (C=O) groups is 1. The van der Waals surface area contributed by atoms with Crippen molar-refractivity contribution in [2.75, 3.05) is 0 Å². The first kappa shape index (κ1) is 17.4. The molecule has 1 aromatic carbocycles. The Morgan fingerprint density at radius 2 is 2.08 bits per heavy atom. The standard InChI is InChI=1S/C19H22N4OS/c1-15(22-9-8-20-13-22)10-19(24)23(11-17-6-4-3-5-7-17)12-18-16(2)21-14-25-18/h3-9,13-15H,10-12H2,1-2H3/t15-/m0/s1. The molecule has 0 fully saturated rings. The van der Waals surface area contributed by atoms with Crippen LogP contribution in [0, 0.1) is 6.92 Å². The molecule has 0 aliphatic carbocycles. The van der Waals surface area contributed by atoms with E-state index < -0.39 is 0 Å². The van der Waals surface area contributed by atoms with Gasteiger partial charge in [0.15, 0.2) is 0 Å². The van der Waals surface area contributed by atoms with Crippen LogP contribution in [0.4, 0.5) is 0 Å². The largest absolute Gasteiger partial charge is 0.334 e. The van der Waals surface area contributed by atoms with E-state index in [9.17, 15) is 4.79 Å². The normalized spacial score (nSPS) is 12.1. The Morgan fingerprint density at radius 1 is 1.28 bits per heavy atom. The van der Waals surface area contributed by atoms with Crippen molar-refractivity contribution in [1.82, 2.24) is 19.4 Å². The van der Waals surface area contributed by atoms with Gasteiger partial charge in [-0.3, -0.25) is 4.79 Å². The highest BCUT2D eigenvalue weighted by molar-refractivity contribution is 7.09. The van der Waals surface area contributed by atoms with Crippen LogP contribution in [0.1, 0.15) is 35.5 Å². The van der Waals surface area contributed by atoms with Gasteiger partial charge in [-0.25, -0.2) is 9.97 Å². The first-order valence-electron chi connectivity index (χ1n) is 8.31. The van der Waals surface area contributed by atoms with E-state index in [1.165, 1.54) is 0 Å². The second-order valence-electron chi connectivity index (χ2n) is 6.16. The number of carbonyl (C=O) groups excluding carboxylic acids is 1. The molecule has 1 atom stereocenters. The Hall–Kier alpha value is -2.47. The molecule has 0 N–H and O–H groups in total. The van der Waals surface area contributed by atoms with Crippen molar-refractivity contribution < 1.29 is 4.79 Å². The molecular weight excluding hydrogens is 332 g/mol. The Labute approximate surface area is 152 Å². The zero-order chi connectivity index (χ0) is 17.6. The average molecular weight is 354 g/mol. The maximum atomic E-state index is 13.0. The molecule has 0 spiro atoms. The molecule has 130 valence electrons. The monoisotopic (exact) mass is 354 g/mol. The number of imidazole rings is 1. The number of hydrogen-bond donors (Lipinski definition) is 0. The molecule has 0 radical (unpaired) electrons. The summed E-state index contributed by atoms with van der Waals surface area (Å²) in [5.41, 5.74) is 3.97. The molecule has 2 aromatic heterocycles. The lowest BCUT2D eigenvalue weighted by molar-refractivity contribution is -0.133. The van der Waals surface area contributed by atoms with Gasteiger partial charge in [0.25, 0.3) is 0 Å². The minimum Gasteiger partial charge on any atom is -0.334 e. The van der Waals surface area contributed by atoms with Gasteiger partial charge in [-0.1, -0.05) is 30.3 Å². The molecule has 0 aliphatic heterocycles. The summed E-state index contributed by atoms with van der Waals surface area (Å²) in [5.74, 6) is 0.137. The van der Waals surface area contributed by atoms with Crippen LogP contribution in [-0.2, 0) is 17.9 Å². The molecular formula is C19H22N4OS. The number of hydrogen-bond acceptors (Lipinski definition) is 4. The van der Waals surface area contributed by atoms with E-state index in [0.717, 1.165) is 16.1 Å². The van der Waals surface area contributed by atoms with E-state index >= 15 is 0 Å². The topological polar surface area (TPSA) is 51.0 Å². The Bertz CT molecular complexity index is 798. The van der Waals surface area contributed by atoms with Gasteiger partial charge in [0.05, 0.1) is 24.1 Å². The molecule has 0 aliphatic rings. The maximum Gasteiger partial charge on any atom is 0.225 e. The van der Waals surface area contributed by atoms with Crippen molar-refractivity contribution >= 4 is 17.2 Å². The summed E-state index contributed by atoms with van der Waals surface area (Å²) in [6.07, 6.45) is 5.84. The number of aryl methyl sites for hydroxylation is 1. The van der Waals surface area contributed by atoms with Gasteiger partial charge in [-0.15, -0.1) is 11.3 Å². The summed E-state index contributed by atoms with van der Waals surface area (Å²) < 4.78 is 1.97. The molecule has 3 aromatic rings. The van der Waals surface area contributed by atoms with Crippen molar-refractivity contribution in [3.05, 3.63) is 70.7 Å². The number of benzene rings is 1. The second kappa shape index (κ2) is 8.07. The van der Waals surface area contributed by atoms with Crippen molar-refractivity contribution in [3.8, 4) is 0 Å². The van der Waals surface area contributed by atoms with E-state index in [2.05, 4.69) is 22.1 Å². The average Bonchev–Trinajstić information content (AvgIpc) is 3.27. The fourth-order valence-corrected chi connectivity index (χ4v) is 3.50. The van der Waals surface area contributed by atoms with Crippen LogP contribution in [0.5, 0.6) is 0 Å². The summed E-state index contributed by atoms with van der Waals surface area (Å²) in [7, 11) is 0. The highest BCUT2D eigenvalue weighted by Gasteiger charge is 2.19. The van der Waals surface area contributed by atoms with E-state index in [1.54, 1.807) is 23.9 Å². The highest BCUT2D eigenvalue weighted by Crippen LogP contribution is 2.20. The van der Waals surface area contributed by atoms with Crippen molar-refractivity contribution in [1.29, 1.82) is 0 Å². The summed E-state index contributed by atoms with van der Waals surface area (Å²) in [4.78, 5) is 24.4. The van der Waals surface area contributed by atoms with Gasteiger partial charge < -0.3 is 9.47 Å². The minimum absolute atomic E-state index is 0.0795. The predicted octanol–water partition coefficient (Wildman–Crippen LogP) is 3.83. The summed E-state index contributed by atoms with van der Waals surface area (Å²) >= 11 is 1.60. The molecule has 0 saturated heterocycles. The summed E-state index contributed by atoms with van der Waals surface area (Å²) in [6.45, 7) is 5.23. The Balaban J connectivity index is 1.74. The van der Waals surface area contributed by atoms with E-state index in [0.29, 0.717) is 19.5 Å². The number of rotatable bonds is 7. The van der Waals surface area contributed by atoms with Gasteiger partial charge >= 0.3 is 0 Å². The quantitative estimate of drug-likeness (QED) is 0.648. The van der Waals surface area contributed by atoms with Crippen LogP contribution in [0.15, 0.2) is 54.6 Å². The molecule has 6 heteroatoms. The van der Waals surface area contributed by atoms with Crippen LogP contribution in [0.3, 0.4) is 0 Å². The number of nitrogens with zero attached hydrogens (tertiary/aromatic N) is 4. The lowest BCUT2D eigenvalue weighted by atomic mass is 10.1. The second-order valence-corrected chi connectivity index (χ2v) is 7.10. The molecule has 3 rings (SSSR count). The molecule has 0 saturated carbocycles. The predicted molar refractivity (Wildman–Crippen MR) is 99.1 cm³/mol. The SMILES string of the molecule is Cc1ncsc1CN(Cc1ccccc1)C(=O)C[C@H](C)n1ccnc1. The van der Waals surface area contributed by atoms with Crippen LogP contribution < -0.4 is 0 Å². The van der Waals surface area contributed by atoms with Crippen molar-refractivity contribution in [3.63, 3.8) is 0 Å². The maximum absolute atomic E-state index is 13.0. The van der Waals surface area contributed by atoms with E-state index in [1.807, 2.05) is 53.2 Å². The minimum atomic E-state index is 0.0795. The van der Waals surface area contributed by atoms with Crippen molar-refractivity contribution in [2.45, 2.75) is 39.4 Å². The lowest BCUT2D eigenvalue weighted by Crippen LogP contribution is -2.31. The molecule has 1 amide bonds. The summed E-state index contributed by atoms with van der Waals surface area (Å²) in [6, 6.07) is 10.2. The zero-order valence-corrected chi connectivity index (χ0v) is 15.3. The molecule has 2 heterocycles. The first-order chi connectivity index (χ1) is 12.1. The Morgan fingerprint density at radius 3 is 2.72 bits per heavy atom. The number of amides is 1. The first-order valence-corrected chi connectivity index (χ1v) is 9.19. The fourth-order valence-electron chi connectivity index (χ4n) is 2.70. The van der Waals surface area contributed by atoms with Gasteiger partial charge in [0.1, 0.15) is 0 Å². The molecule has 25 heavy (non-hydrogen) atoms. The van der Waals surface area contributed by atoms with Crippen LogP contribution in [-0.4, -0.2) is 25.3 Å². The third-order valence-electron chi connectivity index (χ3n) is 4.25. The van der Waals surface area contributed by atoms with Crippen LogP contribution in [0.2, 0.25) is 0 Å². The Kier molecular flexibility index (Phi) is 5.60. The smallest absolute Gasteiger partial charge is 0.225 e. The number of thiazole rings is 1. The van der Waals surface area contributed by atoms with E-state index in [-0.39, 0.29) is 11.9 Å². The molecule has 0 bridgehead atoms. The fraction of sp³-hybridized carbons (Fsp3) is 0.316.